The number of pyridine rings is 1. The van der Waals surface area contributed by atoms with Gasteiger partial charge in [0.25, 0.3) is 0 Å². The van der Waals surface area contributed by atoms with Crippen LogP contribution in [0.15, 0.2) is 30.3 Å². The average molecular weight is 240 g/mol. The first-order valence-electron chi connectivity index (χ1n) is 5.89. The third kappa shape index (κ3) is 2.76. The maximum Gasteiger partial charge on any atom is 0.144 e. The molecule has 0 unspecified atom stereocenters. The lowest BCUT2D eigenvalue weighted by Gasteiger charge is -2.12. The summed E-state index contributed by atoms with van der Waals surface area (Å²) in [5, 5.41) is 13.4. The Morgan fingerprint density at radius 1 is 1.33 bits per heavy atom. The van der Waals surface area contributed by atoms with E-state index in [0.29, 0.717) is 11.4 Å². The van der Waals surface area contributed by atoms with E-state index >= 15 is 0 Å². The number of nitrogens with one attached hydrogen (secondary N) is 1. The Bertz CT molecular complexity index is 584. The second-order valence-corrected chi connectivity index (χ2v) is 4.42. The molecule has 0 saturated carbocycles. The van der Waals surface area contributed by atoms with Crippen molar-refractivity contribution in [1.82, 2.24) is 9.88 Å². The van der Waals surface area contributed by atoms with E-state index in [0.717, 1.165) is 24.0 Å². The van der Waals surface area contributed by atoms with Crippen LogP contribution in [0.1, 0.15) is 5.56 Å². The van der Waals surface area contributed by atoms with Crippen LogP contribution >= 0.6 is 0 Å². The van der Waals surface area contributed by atoms with Crippen molar-refractivity contribution in [2.45, 2.75) is 0 Å². The highest BCUT2D eigenvalue weighted by Gasteiger charge is 2.05. The van der Waals surface area contributed by atoms with Gasteiger partial charge >= 0.3 is 0 Å². The fraction of sp³-hybridized carbons (Fsp3) is 0.286. The number of benzene rings is 1. The molecule has 0 bridgehead atoms. The smallest absolute Gasteiger partial charge is 0.144 e. The maximum atomic E-state index is 9.15. The number of anilines is 1. The fourth-order valence-corrected chi connectivity index (χ4v) is 1.73. The summed E-state index contributed by atoms with van der Waals surface area (Å²) < 4.78 is 0. The van der Waals surface area contributed by atoms with Crippen molar-refractivity contribution in [2.24, 2.45) is 0 Å². The molecule has 92 valence electrons. The first-order valence-corrected chi connectivity index (χ1v) is 5.89. The van der Waals surface area contributed by atoms with Crippen LogP contribution in [-0.2, 0) is 0 Å². The standard InChI is InChI=1S/C14H16N4/c1-18(2)8-7-16-14-12(10-15)9-11-5-3-4-6-13(11)17-14/h3-6,9H,7-8H2,1-2H3,(H,16,17). The molecule has 1 aromatic heterocycles. The Hall–Kier alpha value is -2.12. The van der Waals surface area contributed by atoms with Gasteiger partial charge in [-0.2, -0.15) is 5.26 Å². The van der Waals surface area contributed by atoms with Gasteiger partial charge in [-0.05, 0) is 26.2 Å². The van der Waals surface area contributed by atoms with Gasteiger partial charge in [-0.15, -0.1) is 0 Å². The van der Waals surface area contributed by atoms with Crippen molar-refractivity contribution in [3.05, 3.63) is 35.9 Å². The molecular weight excluding hydrogens is 224 g/mol. The Morgan fingerprint density at radius 2 is 2.11 bits per heavy atom. The zero-order valence-electron chi connectivity index (χ0n) is 10.6. The summed E-state index contributed by atoms with van der Waals surface area (Å²) in [5.74, 6) is 0.665. The number of nitrogens with zero attached hydrogens (tertiary/aromatic N) is 3. The molecule has 1 aromatic carbocycles. The lowest BCUT2D eigenvalue weighted by molar-refractivity contribution is 0.425. The predicted molar refractivity (Wildman–Crippen MR) is 73.5 cm³/mol. The molecule has 4 heteroatoms. The fourth-order valence-electron chi connectivity index (χ4n) is 1.73. The molecule has 18 heavy (non-hydrogen) atoms. The van der Waals surface area contributed by atoms with E-state index in [1.807, 2.05) is 44.4 Å². The molecule has 1 heterocycles. The van der Waals surface area contributed by atoms with Crippen LogP contribution in [0.25, 0.3) is 10.9 Å². The first kappa shape index (κ1) is 12.3. The normalized spacial score (nSPS) is 10.6. The summed E-state index contributed by atoms with van der Waals surface area (Å²) in [5.41, 5.74) is 1.50. The number of aromatic nitrogens is 1. The topological polar surface area (TPSA) is 52.0 Å². The summed E-state index contributed by atoms with van der Waals surface area (Å²) in [7, 11) is 4.03. The Balaban J connectivity index is 2.28. The number of fused-ring (bicyclic) bond motifs is 1. The van der Waals surface area contributed by atoms with Gasteiger partial charge in [-0.25, -0.2) is 4.98 Å². The van der Waals surface area contributed by atoms with Crippen molar-refractivity contribution in [3.8, 4) is 6.07 Å². The number of rotatable bonds is 4. The molecule has 0 aliphatic carbocycles. The van der Waals surface area contributed by atoms with Crippen LogP contribution in [0.4, 0.5) is 5.82 Å². The monoisotopic (exact) mass is 240 g/mol. The number of nitriles is 1. The van der Waals surface area contributed by atoms with Gasteiger partial charge in [-0.3, -0.25) is 0 Å². The van der Waals surface area contributed by atoms with Gasteiger partial charge in [0.1, 0.15) is 11.9 Å². The average Bonchev–Trinajstić information content (AvgIpc) is 2.37. The van der Waals surface area contributed by atoms with Crippen molar-refractivity contribution in [2.75, 3.05) is 32.5 Å². The van der Waals surface area contributed by atoms with E-state index in [1.165, 1.54) is 0 Å². The van der Waals surface area contributed by atoms with E-state index in [1.54, 1.807) is 0 Å². The van der Waals surface area contributed by atoms with Gasteiger partial charge < -0.3 is 10.2 Å². The van der Waals surface area contributed by atoms with Crippen LogP contribution in [0.2, 0.25) is 0 Å². The number of likely N-dealkylation sites (N-methyl/N-ethyl adjacent to an activating group) is 1. The van der Waals surface area contributed by atoms with E-state index in [9.17, 15) is 0 Å². The van der Waals surface area contributed by atoms with Gasteiger partial charge in [-0.1, -0.05) is 18.2 Å². The number of hydrogen-bond donors (Lipinski definition) is 1. The van der Waals surface area contributed by atoms with E-state index in [2.05, 4.69) is 21.3 Å². The second-order valence-electron chi connectivity index (χ2n) is 4.42. The Labute approximate surface area is 107 Å². The van der Waals surface area contributed by atoms with Crippen LogP contribution in [-0.4, -0.2) is 37.1 Å². The molecule has 0 fully saturated rings. The zero-order valence-corrected chi connectivity index (χ0v) is 10.6. The molecule has 0 saturated heterocycles. The molecule has 0 spiro atoms. The van der Waals surface area contributed by atoms with Gasteiger partial charge in [0.15, 0.2) is 0 Å². The molecule has 1 N–H and O–H groups in total. The highest BCUT2D eigenvalue weighted by atomic mass is 15.1. The lowest BCUT2D eigenvalue weighted by Crippen LogP contribution is -2.21. The minimum absolute atomic E-state index is 0.590. The number of hydrogen-bond acceptors (Lipinski definition) is 4. The quantitative estimate of drug-likeness (QED) is 0.889. The predicted octanol–water partition coefficient (Wildman–Crippen LogP) is 2.08. The third-order valence-electron chi connectivity index (χ3n) is 2.70. The SMILES string of the molecule is CN(C)CCNc1nc2ccccc2cc1C#N. The summed E-state index contributed by atoms with van der Waals surface area (Å²) in [6.07, 6.45) is 0. The third-order valence-corrected chi connectivity index (χ3v) is 2.70. The highest BCUT2D eigenvalue weighted by Crippen LogP contribution is 2.19. The van der Waals surface area contributed by atoms with Gasteiger partial charge in [0.2, 0.25) is 0 Å². The minimum Gasteiger partial charge on any atom is -0.368 e. The van der Waals surface area contributed by atoms with E-state index < -0.39 is 0 Å². The van der Waals surface area contributed by atoms with Crippen LogP contribution in [0.5, 0.6) is 0 Å². The van der Waals surface area contributed by atoms with Gasteiger partial charge in [0.05, 0.1) is 11.1 Å². The van der Waals surface area contributed by atoms with Crippen molar-refractivity contribution in [3.63, 3.8) is 0 Å². The molecular formula is C14H16N4. The van der Waals surface area contributed by atoms with Gasteiger partial charge in [0, 0.05) is 18.5 Å². The molecule has 0 radical (unpaired) electrons. The zero-order chi connectivity index (χ0) is 13.0. The summed E-state index contributed by atoms with van der Waals surface area (Å²) in [6, 6.07) is 11.9. The highest BCUT2D eigenvalue weighted by molar-refractivity contribution is 5.82. The Kier molecular flexibility index (Phi) is 3.75. The van der Waals surface area contributed by atoms with Crippen LogP contribution in [0, 0.1) is 11.3 Å². The molecule has 4 nitrogen and oxygen atoms in total. The summed E-state index contributed by atoms with van der Waals surface area (Å²) in [6.45, 7) is 1.67. The molecule has 0 aliphatic heterocycles. The molecule has 2 rings (SSSR count). The van der Waals surface area contributed by atoms with Crippen molar-refractivity contribution < 1.29 is 0 Å². The largest absolute Gasteiger partial charge is 0.368 e. The molecule has 0 aliphatic rings. The van der Waals surface area contributed by atoms with E-state index in [-0.39, 0.29) is 0 Å². The maximum absolute atomic E-state index is 9.15. The van der Waals surface area contributed by atoms with Crippen LogP contribution in [0.3, 0.4) is 0 Å². The molecule has 0 amide bonds. The van der Waals surface area contributed by atoms with Crippen LogP contribution < -0.4 is 5.32 Å². The Morgan fingerprint density at radius 3 is 2.83 bits per heavy atom. The van der Waals surface area contributed by atoms with E-state index in [4.69, 9.17) is 5.26 Å². The summed E-state index contributed by atoms with van der Waals surface area (Å²) in [4.78, 5) is 6.57. The summed E-state index contributed by atoms with van der Waals surface area (Å²) >= 11 is 0. The van der Waals surface area contributed by atoms with Crippen molar-refractivity contribution >= 4 is 16.7 Å². The molecule has 2 aromatic rings. The second kappa shape index (κ2) is 5.48. The lowest BCUT2D eigenvalue weighted by atomic mass is 10.1. The first-order chi connectivity index (χ1) is 8.70. The minimum atomic E-state index is 0.590. The molecule has 0 atom stereocenters. The number of para-hydroxylation sites is 1. The van der Waals surface area contributed by atoms with Crippen molar-refractivity contribution in [1.29, 1.82) is 5.26 Å².